The average molecular weight is 186 g/mol. The maximum Gasteiger partial charge on any atom is 0.0678 e. The average Bonchev–Trinajstić information content (AvgIpc) is 2.03. The number of morpholine rings is 1. The predicted molar refractivity (Wildman–Crippen MR) is 55.0 cm³/mol. The Morgan fingerprint density at radius 2 is 1.92 bits per heavy atom. The maximum absolute atomic E-state index is 5.68. The van der Waals surface area contributed by atoms with Crippen LogP contribution in [0.5, 0.6) is 0 Å². The van der Waals surface area contributed by atoms with Gasteiger partial charge < -0.3 is 10.1 Å². The summed E-state index contributed by atoms with van der Waals surface area (Å²) in [6.45, 7) is 9.74. The van der Waals surface area contributed by atoms with E-state index < -0.39 is 0 Å². The minimum absolute atomic E-state index is 0.378. The smallest absolute Gasteiger partial charge is 0.0678 e. The quantitative estimate of drug-likeness (QED) is 0.702. The maximum atomic E-state index is 5.68. The third-order valence-electron chi connectivity index (χ3n) is 2.57. The van der Waals surface area contributed by atoms with Crippen LogP contribution in [0.25, 0.3) is 0 Å². The molecule has 0 bridgehead atoms. The largest absolute Gasteiger partial charge is 0.373 e. The number of likely N-dealkylation sites (N-methyl/N-ethyl adjacent to an activating group) is 1. The fraction of sp³-hybridized carbons (Fsp3) is 1.00. The Morgan fingerprint density at radius 3 is 2.38 bits per heavy atom. The molecular weight excluding hydrogens is 164 g/mol. The van der Waals surface area contributed by atoms with Crippen LogP contribution >= 0.6 is 0 Å². The molecule has 0 aliphatic carbocycles. The molecule has 0 aromatic heterocycles. The van der Waals surface area contributed by atoms with Crippen molar-refractivity contribution in [2.45, 2.75) is 39.0 Å². The highest BCUT2D eigenvalue weighted by atomic mass is 16.5. The molecule has 0 aromatic rings. The first-order chi connectivity index (χ1) is 6.13. The van der Waals surface area contributed by atoms with E-state index >= 15 is 0 Å². The molecule has 0 saturated carbocycles. The molecule has 3 unspecified atom stereocenters. The fourth-order valence-corrected chi connectivity index (χ4v) is 2.00. The van der Waals surface area contributed by atoms with E-state index in [0.717, 1.165) is 19.6 Å². The summed E-state index contributed by atoms with van der Waals surface area (Å²) < 4.78 is 5.68. The molecule has 13 heavy (non-hydrogen) atoms. The molecule has 3 heteroatoms. The number of hydrogen-bond acceptors (Lipinski definition) is 3. The zero-order valence-electron chi connectivity index (χ0n) is 9.21. The molecule has 0 spiro atoms. The van der Waals surface area contributed by atoms with Gasteiger partial charge in [-0.2, -0.15) is 0 Å². The second-order valence-electron chi connectivity index (χ2n) is 4.12. The van der Waals surface area contributed by atoms with Crippen molar-refractivity contribution in [3.63, 3.8) is 0 Å². The van der Waals surface area contributed by atoms with Gasteiger partial charge in [-0.15, -0.1) is 0 Å². The van der Waals surface area contributed by atoms with Crippen molar-refractivity contribution in [1.29, 1.82) is 0 Å². The zero-order valence-corrected chi connectivity index (χ0v) is 9.21. The molecule has 78 valence electrons. The molecule has 3 nitrogen and oxygen atoms in total. The molecule has 1 heterocycles. The van der Waals surface area contributed by atoms with Crippen LogP contribution < -0.4 is 5.32 Å². The van der Waals surface area contributed by atoms with Gasteiger partial charge in [-0.1, -0.05) is 0 Å². The summed E-state index contributed by atoms with van der Waals surface area (Å²) >= 11 is 0. The standard InChI is InChI=1S/C10H22N2O/c1-8(5-11-4)12-6-9(2)13-10(3)7-12/h8-11H,5-7H2,1-4H3. The van der Waals surface area contributed by atoms with E-state index in [-0.39, 0.29) is 0 Å². The van der Waals surface area contributed by atoms with E-state index in [2.05, 4.69) is 31.0 Å². The van der Waals surface area contributed by atoms with Gasteiger partial charge in [-0.3, -0.25) is 4.90 Å². The number of nitrogens with zero attached hydrogens (tertiary/aromatic N) is 1. The van der Waals surface area contributed by atoms with Gasteiger partial charge in [0.05, 0.1) is 12.2 Å². The Morgan fingerprint density at radius 1 is 1.38 bits per heavy atom. The Labute approximate surface area is 81.4 Å². The number of hydrogen-bond donors (Lipinski definition) is 1. The summed E-state index contributed by atoms with van der Waals surface area (Å²) in [4.78, 5) is 2.50. The van der Waals surface area contributed by atoms with Crippen molar-refractivity contribution in [3.8, 4) is 0 Å². The van der Waals surface area contributed by atoms with E-state index in [1.54, 1.807) is 0 Å². The molecule has 0 amide bonds. The summed E-state index contributed by atoms with van der Waals surface area (Å²) in [5.74, 6) is 0. The van der Waals surface area contributed by atoms with Crippen LogP contribution in [0.2, 0.25) is 0 Å². The molecule has 3 atom stereocenters. The normalized spacial score (nSPS) is 33.2. The zero-order chi connectivity index (χ0) is 9.84. The third-order valence-corrected chi connectivity index (χ3v) is 2.57. The highest BCUT2D eigenvalue weighted by Gasteiger charge is 2.24. The van der Waals surface area contributed by atoms with Crippen LogP contribution in [0, 0.1) is 0 Å². The van der Waals surface area contributed by atoms with E-state index in [4.69, 9.17) is 4.74 Å². The number of ether oxygens (including phenoxy) is 1. The Hall–Kier alpha value is -0.120. The summed E-state index contributed by atoms with van der Waals surface area (Å²) in [5, 5.41) is 3.21. The molecular formula is C10H22N2O. The van der Waals surface area contributed by atoms with Gasteiger partial charge in [0.2, 0.25) is 0 Å². The molecule has 0 aromatic carbocycles. The summed E-state index contributed by atoms with van der Waals surface area (Å²) in [5.41, 5.74) is 0. The number of nitrogens with one attached hydrogen (secondary N) is 1. The lowest BCUT2D eigenvalue weighted by atomic mass is 10.2. The number of rotatable bonds is 3. The molecule has 1 aliphatic heterocycles. The first kappa shape index (κ1) is 11.0. The topological polar surface area (TPSA) is 24.5 Å². The first-order valence-corrected chi connectivity index (χ1v) is 5.17. The Kier molecular flexibility index (Phi) is 4.16. The Bertz CT molecular complexity index is 142. The van der Waals surface area contributed by atoms with Crippen LogP contribution in [0.4, 0.5) is 0 Å². The van der Waals surface area contributed by atoms with Crippen molar-refractivity contribution < 1.29 is 4.74 Å². The van der Waals surface area contributed by atoms with Crippen LogP contribution in [0.3, 0.4) is 0 Å². The second-order valence-corrected chi connectivity index (χ2v) is 4.12. The van der Waals surface area contributed by atoms with Crippen LogP contribution in [-0.4, -0.2) is 49.8 Å². The second kappa shape index (κ2) is 4.94. The van der Waals surface area contributed by atoms with Crippen molar-refractivity contribution in [1.82, 2.24) is 10.2 Å². The molecule has 0 radical (unpaired) electrons. The van der Waals surface area contributed by atoms with Gasteiger partial charge in [0.15, 0.2) is 0 Å². The highest BCUT2D eigenvalue weighted by Crippen LogP contribution is 2.12. The van der Waals surface area contributed by atoms with Gasteiger partial charge in [-0.25, -0.2) is 0 Å². The molecule has 1 fully saturated rings. The lowest BCUT2D eigenvalue weighted by molar-refractivity contribution is -0.0779. The van der Waals surface area contributed by atoms with Gasteiger partial charge in [0.1, 0.15) is 0 Å². The fourth-order valence-electron chi connectivity index (χ4n) is 2.00. The predicted octanol–water partition coefficient (Wildman–Crippen LogP) is 0.703. The highest BCUT2D eigenvalue weighted by molar-refractivity contribution is 4.78. The molecule has 1 saturated heterocycles. The lowest BCUT2D eigenvalue weighted by Crippen LogP contribution is -2.51. The van der Waals surface area contributed by atoms with Crippen LogP contribution in [-0.2, 0) is 4.74 Å². The minimum Gasteiger partial charge on any atom is -0.373 e. The van der Waals surface area contributed by atoms with E-state index in [1.807, 2.05) is 7.05 Å². The summed E-state index contributed by atoms with van der Waals surface area (Å²) in [6, 6.07) is 0.610. The third kappa shape index (κ3) is 3.25. The molecule has 1 rings (SSSR count). The first-order valence-electron chi connectivity index (χ1n) is 5.17. The van der Waals surface area contributed by atoms with Crippen molar-refractivity contribution in [2.75, 3.05) is 26.7 Å². The van der Waals surface area contributed by atoms with Crippen molar-refractivity contribution in [2.24, 2.45) is 0 Å². The van der Waals surface area contributed by atoms with Gasteiger partial charge in [0, 0.05) is 25.7 Å². The van der Waals surface area contributed by atoms with Crippen molar-refractivity contribution in [3.05, 3.63) is 0 Å². The van der Waals surface area contributed by atoms with Crippen LogP contribution in [0.15, 0.2) is 0 Å². The molecule has 1 aliphatic rings. The van der Waals surface area contributed by atoms with E-state index in [1.165, 1.54) is 0 Å². The monoisotopic (exact) mass is 186 g/mol. The van der Waals surface area contributed by atoms with Gasteiger partial charge in [-0.05, 0) is 27.8 Å². The SMILES string of the molecule is CNCC(C)N1CC(C)OC(C)C1. The summed E-state index contributed by atoms with van der Waals surface area (Å²) in [7, 11) is 2.00. The van der Waals surface area contributed by atoms with E-state index in [9.17, 15) is 0 Å². The van der Waals surface area contributed by atoms with Crippen molar-refractivity contribution >= 4 is 0 Å². The summed E-state index contributed by atoms with van der Waals surface area (Å²) in [6.07, 6.45) is 0.756. The van der Waals surface area contributed by atoms with E-state index in [0.29, 0.717) is 18.2 Å². The van der Waals surface area contributed by atoms with Gasteiger partial charge >= 0.3 is 0 Å². The minimum atomic E-state index is 0.378. The van der Waals surface area contributed by atoms with Gasteiger partial charge in [0.25, 0.3) is 0 Å². The molecule has 1 N–H and O–H groups in total. The lowest BCUT2D eigenvalue weighted by Gasteiger charge is -2.38. The Balaban J connectivity index is 2.40. The van der Waals surface area contributed by atoms with Crippen LogP contribution in [0.1, 0.15) is 20.8 Å².